The average Bonchev–Trinajstić information content (AvgIpc) is 3.36. The number of aliphatic hydroxyl groups excluding tert-OH is 1. The fourth-order valence-electron chi connectivity index (χ4n) is 7.53. The van der Waals surface area contributed by atoms with Gasteiger partial charge < -0.3 is 19.7 Å². The van der Waals surface area contributed by atoms with Crippen molar-refractivity contribution in [1.29, 1.82) is 0 Å². The number of hydrogen-bond acceptors (Lipinski definition) is 7. The van der Waals surface area contributed by atoms with Gasteiger partial charge in [0.1, 0.15) is 12.7 Å². The summed E-state index contributed by atoms with van der Waals surface area (Å²) in [5, 5.41) is 24.3. The van der Waals surface area contributed by atoms with Crippen molar-refractivity contribution < 1.29 is 34.1 Å². The number of ketones is 1. The quantitative estimate of drug-likeness (QED) is 0.204. The van der Waals surface area contributed by atoms with E-state index in [4.69, 9.17) is 9.47 Å². The van der Waals surface area contributed by atoms with E-state index >= 15 is 0 Å². The predicted octanol–water partition coefficient (Wildman–Crippen LogP) is 4.41. The first-order valence-corrected chi connectivity index (χ1v) is 14.0. The van der Waals surface area contributed by atoms with Crippen LogP contribution in [0, 0.1) is 34.5 Å². The topological polar surface area (TPSA) is 110 Å². The number of unbranched alkanes of at least 4 members (excludes halogenated alkanes) is 1. The van der Waals surface area contributed by atoms with E-state index in [0.717, 1.165) is 12.8 Å². The Labute approximate surface area is 231 Å². The van der Waals surface area contributed by atoms with Crippen LogP contribution in [0.25, 0.3) is 0 Å². The molecule has 4 aliphatic rings. The molecule has 0 unspecified atom stereocenters. The molecule has 4 aliphatic carbocycles. The minimum absolute atomic E-state index is 0.0464. The second-order valence-electron chi connectivity index (χ2n) is 12.3. The summed E-state index contributed by atoms with van der Waals surface area (Å²) in [4.78, 5) is 39.0. The first kappa shape index (κ1) is 29.2. The maximum absolute atomic E-state index is 14.5. The van der Waals surface area contributed by atoms with Gasteiger partial charge in [-0.25, -0.2) is 4.79 Å². The van der Waals surface area contributed by atoms with Gasteiger partial charge in [0.05, 0.1) is 5.41 Å². The zero-order valence-electron chi connectivity index (χ0n) is 23.8. The Morgan fingerprint density at radius 1 is 1.18 bits per heavy atom. The second kappa shape index (κ2) is 10.7. The van der Waals surface area contributed by atoms with E-state index in [9.17, 15) is 24.6 Å². The first-order valence-electron chi connectivity index (χ1n) is 14.0. The Morgan fingerprint density at radius 2 is 1.87 bits per heavy atom. The molecule has 7 nitrogen and oxygen atoms in total. The van der Waals surface area contributed by atoms with Crippen LogP contribution in [0.15, 0.2) is 59.8 Å². The molecule has 0 aromatic carbocycles. The lowest BCUT2D eigenvalue weighted by Gasteiger charge is -2.48. The monoisotopic (exact) mass is 538 g/mol. The van der Waals surface area contributed by atoms with Gasteiger partial charge >= 0.3 is 11.9 Å². The Hall–Kier alpha value is -2.77. The van der Waals surface area contributed by atoms with E-state index in [1.807, 2.05) is 25.2 Å². The first-order chi connectivity index (χ1) is 18.3. The molecule has 2 saturated carbocycles. The Balaban J connectivity index is 1.71. The van der Waals surface area contributed by atoms with Crippen molar-refractivity contribution in [3.63, 3.8) is 0 Å². The molecule has 4 rings (SSSR count). The summed E-state index contributed by atoms with van der Waals surface area (Å²) < 4.78 is 11.0. The van der Waals surface area contributed by atoms with Crippen LogP contribution >= 0.6 is 0 Å². The number of ether oxygens (including phenoxy) is 2. The summed E-state index contributed by atoms with van der Waals surface area (Å²) in [6.45, 7) is 11.0. The van der Waals surface area contributed by atoms with E-state index in [1.165, 1.54) is 13.0 Å². The minimum Gasteiger partial charge on any atom is -0.461 e. The Kier molecular flexibility index (Phi) is 7.99. The lowest BCUT2D eigenvalue weighted by atomic mass is 9.59. The highest BCUT2D eigenvalue weighted by Crippen LogP contribution is 2.71. The molecular formula is C32H42O7. The van der Waals surface area contributed by atoms with Gasteiger partial charge in [-0.15, -0.1) is 0 Å². The van der Waals surface area contributed by atoms with Gasteiger partial charge in [0.15, 0.2) is 17.5 Å². The summed E-state index contributed by atoms with van der Waals surface area (Å²) >= 11 is 0. The van der Waals surface area contributed by atoms with Crippen molar-refractivity contribution in [2.75, 3.05) is 6.61 Å². The van der Waals surface area contributed by atoms with Gasteiger partial charge in [-0.2, -0.15) is 0 Å². The number of Topliss-reactive ketones (excluding diaryl/α,β-unsaturated/α-hetero) is 1. The van der Waals surface area contributed by atoms with Crippen LogP contribution in [0.1, 0.15) is 60.8 Å². The molecule has 212 valence electrons. The van der Waals surface area contributed by atoms with Crippen LogP contribution in [0.2, 0.25) is 0 Å². The van der Waals surface area contributed by atoms with Crippen molar-refractivity contribution in [3.8, 4) is 0 Å². The van der Waals surface area contributed by atoms with Gasteiger partial charge in [-0.3, -0.25) is 9.59 Å². The molecule has 0 saturated heterocycles. The zero-order valence-corrected chi connectivity index (χ0v) is 23.8. The van der Waals surface area contributed by atoms with E-state index in [2.05, 4.69) is 20.8 Å². The molecule has 2 N–H and O–H groups in total. The molecule has 1 spiro atoms. The number of aliphatic hydroxyl groups is 2. The van der Waals surface area contributed by atoms with Crippen LogP contribution < -0.4 is 0 Å². The van der Waals surface area contributed by atoms with Gasteiger partial charge in [-0.05, 0) is 54.1 Å². The number of esters is 2. The lowest BCUT2D eigenvalue weighted by Crippen LogP contribution is -2.65. The zero-order chi connectivity index (χ0) is 28.8. The molecule has 39 heavy (non-hydrogen) atoms. The van der Waals surface area contributed by atoms with E-state index in [0.29, 0.717) is 12.0 Å². The van der Waals surface area contributed by atoms with Gasteiger partial charge in [0.25, 0.3) is 0 Å². The normalized spacial score (nSPS) is 38.6. The largest absolute Gasteiger partial charge is 0.461 e. The highest BCUT2D eigenvalue weighted by molar-refractivity contribution is 5.95. The molecule has 7 heteroatoms. The molecule has 0 aromatic rings. The summed E-state index contributed by atoms with van der Waals surface area (Å²) in [7, 11) is 0. The maximum Gasteiger partial charge on any atom is 0.331 e. The fraction of sp³-hybridized carbons (Fsp3) is 0.594. The maximum atomic E-state index is 14.5. The van der Waals surface area contributed by atoms with Crippen molar-refractivity contribution in [2.24, 2.45) is 34.5 Å². The number of carbonyl (C=O) groups is 3. The van der Waals surface area contributed by atoms with Crippen LogP contribution in [0.3, 0.4) is 0 Å². The molecule has 0 aliphatic heterocycles. The number of hydrogen-bond donors (Lipinski definition) is 2. The fourth-order valence-corrected chi connectivity index (χ4v) is 7.53. The predicted molar refractivity (Wildman–Crippen MR) is 147 cm³/mol. The molecule has 0 radical (unpaired) electrons. The van der Waals surface area contributed by atoms with E-state index in [1.54, 1.807) is 31.2 Å². The summed E-state index contributed by atoms with van der Waals surface area (Å²) in [6, 6.07) is 0. The Morgan fingerprint density at radius 3 is 2.54 bits per heavy atom. The molecule has 0 amide bonds. The summed E-state index contributed by atoms with van der Waals surface area (Å²) in [6.07, 6.45) is 13.5. The van der Waals surface area contributed by atoms with Gasteiger partial charge in [-0.1, -0.05) is 76.6 Å². The molecular weight excluding hydrogens is 496 g/mol. The van der Waals surface area contributed by atoms with Crippen LogP contribution in [-0.2, 0) is 23.9 Å². The van der Waals surface area contributed by atoms with E-state index < -0.39 is 41.1 Å². The third kappa shape index (κ3) is 4.67. The standard InChI is InChI=1S/C32H42O7/c1-7-8-9-10-11-12-13-14-25(34)39-29-19(2)17-31-20(3)15-24-26(30(24,5)6)23(28(31)36)16-22(18-38-21(4)33)27(35)32(29,31)37/h9-14,16-17,20,23-24,26-27,29,35,37H,7-8,15,18H2,1-6H3/b10-9+,12-11-,14-13+/t20-,23+,24-,26+,27-,29+,31+,32+/m0/s1. The highest BCUT2D eigenvalue weighted by atomic mass is 16.6. The summed E-state index contributed by atoms with van der Waals surface area (Å²) in [5.41, 5.74) is -2.92. The molecule has 2 bridgehead atoms. The molecule has 2 fully saturated rings. The van der Waals surface area contributed by atoms with E-state index in [-0.39, 0.29) is 41.1 Å². The van der Waals surface area contributed by atoms with Crippen LogP contribution in [-0.4, -0.2) is 52.4 Å². The van der Waals surface area contributed by atoms with Crippen molar-refractivity contribution in [2.45, 2.75) is 78.6 Å². The molecule has 8 atom stereocenters. The van der Waals surface area contributed by atoms with Crippen molar-refractivity contribution in [1.82, 2.24) is 0 Å². The Bertz CT molecular complexity index is 1170. The minimum atomic E-state index is -2.16. The average molecular weight is 539 g/mol. The number of rotatable bonds is 8. The summed E-state index contributed by atoms with van der Waals surface area (Å²) in [5.74, 6) is -1.98. The van der Waals surface area contributed by atoms with Crippen molar-refractivity contribution >= 4 is 17.7 Å². The third-order valence-corrected chi connectivity index (χ3v) is 9.55. The number of allylic oxidation sites excluding steroid dienone is 6. The molecule has 0 aromatic heterocycles. The highest BCUT2D eigenvalue weighted by Gasteiger charge is 2.76. The van der Waals surface area contributed by atoms with Crippen LogP contribution in [0.5, 0.6) is 0 Å². The lowest BCUT2D eigenvalue weighted by molar-refractivity contribution is -0.201. The third-order valence-electron chi connectivity index (χ3n) is 9.55. The van der Waals surface area contributed by atoms with Gasteiger partial charge in [0.2, 0.25) is 0 Å². The SMILES string of the molecule is CCC/C=C/C=C\C=C\C(=O)O[C@@H]1C(C)=C[C@@]23C(=O)[C@H](C=C(COC(C)=O)[C@H](O)[C@@]12O)[C@@H]1[C@H](C[C@@H]3C)C1(C)C. The smallest absolute Gasteiger partial charge is 0.331 e. The van der Waals surface area contributed by atoms with Crippen LogP contribution in [0.4, 0.5) is 0 Å². The molecule has 0 heterocycles. The van der Waals surface area contributed by atoms with Gasteiger partial charge in [0, 0.05) is 18.9 Å². The second-order valence-corrected chi connectivity index (χ2v) is 12.3. The van der Waals surface area contributed by atoms with Crippen molar-refractivity contribution in [3.05, 3.63) is 59.8 Å². The number of carbonyl (C=O) groups excluding carboxylic acids is 3. The number of fused-ring (bicyclic) bond motifs is 3.